The number of hydrogen-bond acceptors (Lipinski definition) is 7. The van der Waals surface area contributed by atoms with Crippen LogP contribution in [0.15, 0.2) is 9.64 Å². The second-order valence-corrected chi connectivity index (χ2v) is 9.64. The van der Waals surface area contributed by atoms with Crippen LogP contribution in [0.1, 0.15) is 44.9 Å². The first-order chi connectivity index (χ1) is 10.9. The Bertz CT molecular complexity index is 684. The number of sulfone groups is 1. The predicted molar refractivity (Wildman–Crippen MR) is 86.0 cm³/mol. The van der Waals surface area contributed by atoms with Gasteiger partial charge in [-0.2, -0.15) is 0 Å². The van der Waals surface area contributed by atoms with Crippen LogP contribution in [0.2, 0.25) is 0 Å². The molecule has 128 valence electrons. The van der Waals surface area contributed by atoms with Gasteiger partial charge in [0.25, 0.3) is 5.22 Å². The SMILES string of the molecule is CCN(C(=O)[C@@H](C)Sc1nnc(C2CC2)o1)[C@@H]1CCS(=O)(=O)C1. The molecule has 0 bridgehead atoms. The van der Waals surface area contributed by atoms with Gasteiger partial charge in [-0.1, -0.05) is 11.8 Å². The molecular weight excluding hydrogens is 338 g/mol. The summed E-state index contributed by atoms with van der Waals surface area (Å²) in [6.45, 7) is 4.17. The van der Waals surface area contributed by atoms with E-state index in [0.717, 1.165) is 12.8 Å². The molecule has 1 amide bonds. The van der Waals surface area contributed by atoms with E-state index >= 15 is 0 Å². The molecule has 23 heavy (non-hydrogen) atoms. The third kappa shape index (κ3) is 3.88. The summed E-state index contributed by atoms with van der Waals surface area (Å²) in [5.74, 6) is 1.19. The molecule has 2 fully saturated rings. The summed E-state index contributed by atoms with van der Waals surface area (Å²) in [6, 6.07) is -0.217. The minimum Gasteiger partial charge on any atom is -0.416 e. The van der Waals surface area contributed by atoms with Crippen LogP contribution >= 0.6 is 11.8 Å². The van der Waals surface area contributed by atoms with Crippen LogP contribution in [0, 0.1) is 0 Å². The fourth-order valence-corrected chi connectivity index (χ4v) is 5.30. The zero-order chi connectivity index (χ0) is 16.6. The number of carbonyl (C=O) groups is 1. The van der Waals surface area contributed by atoms with E-state index in [1.165, 1.54) is 11.8 Å². The molecule has 2 heterocycles. The lowest BCUT2D eigenvalue weighted by Crippen LogP contribution is -2.44. The maximum absolute atomic E-state index is 12.7. The summed E-state index contributed by atoms with van der Waals surface area (Å²) < 4.78 is 28.9. The highest BCUT2D eigenvalue weighted by atomic mass is 32.2. The number of amides is 1. The third-order valence-electron chi connectivity index (χ3n) is 4.25. The fourth-order valence-electron chi connectivity index (χ4n) is 2.81. The molecule has 1 saturated heterocycles. The third-order valence-corrected chi connectivity index (χ3v) is 6.92. The molecule has 1 saturated carbocycles. The highest BCUT2D eigenvalue weighted by Gasteiger charge is 2.36. The van der Waals surface area contributed by atoms with Crippen LogP contribution in [0.25, 0.3) is 0 Å². The van der Waals surface area contributed by atoms with Crippen molar-refractivity contribution >= 4 is 27.5 Å². The van der Waals surface area contributed by atoms with Crippen molar-refractivity contribution in [3.8, 4) is 0 Å². The largest absolute Gasteiger partial charge is 0.416 e. The molecule has 1 aliphatic heterocycles. The second kappa shape index (κ2) is 6.43. The molecule has 1 aliphatic carbocycles. The molecule has 3 rings (SSSR count). The fraction of sp³-hybridized carbons (Fsp3) is 0.786. The van der Waals surface area contributed by atoms with E-state index < -0.39 is 9.84 Å². The summed E-state index contributed by atoms with van der Waals surface area (Å²) in [5.41, 5.74) is 0. The maximum atomic E-state index is 12.7. The zero-order valence-corrected chi connectivity index (χ0v) is 14.9. The molecular formula is C14H21N3O4S2. The number of hydrogen-bond donors (Lipinski definition) is 0. The first-order valence-corrected chi connectivity index (χ1v) is 10.6. The summed E-state index contributed by atoms with van der Waals surface area (Å²) in [7, 11) is -3.01. The van der Waals surface area contributed by atoms with Gasteiger partial charge in [0.15, 0.2) is 9.84 Å². The van der Waals surface area contributed by atoms with E-state index in [4.69, 9.17) is 4.42 Å². The normalized spacial score (nSPS) is 24.5. The average molecular weight is 359 g/mol. The zero-order valence-electron chi connectivity index (χ0n) is 13.3. The molecule has 0 radical (unpaired) electrons. The van der Waals surface area contributed by atoms with Crippen LogP contribution < -0.4 is 0 Å². The molecule has 0 aromatic carbocycles. The monoisotopic (exact) mass is 359 g/mol. The van der Waals surface area contributed by atoms with E-state index in [0.29, 0.717) is 30.0 Å². The van der Waals surface area contributed by atoms with Crippen molar-refractivity contribution in [2.75, 3.05) is 18.1 Å². The quantitative estimate of drug-likeness (QED) is 0.710. The first-order valence-electron chi connectivity index (χ1n) is 7.90. The van der Waals surface area contributed by atoms with Crippen molar-refractivity contribution in [1.82, 2.24) is 15.1 Å². The Morgan fingerprint density at radius 2 is 2.13 bits per heavy atom. The van der Waals surface area contributed by atoms with Crippen LogP contribution in [0.3, 0.4) is 0 Å². The van der Waals surface area contributed by atoms with Crippen molar-refractivity contribution in [3.05, 3.63) is 5.89 Å². The molecule has 7 nitrogen and oxygen atoms in total. The molecule has 0 N–H and O–H groups in total. The van der Waals surface area contributed by atoms with Gasteiger partial charge in [0.2, 0.25) is 11.8 Å². The van der Waals surface area contributed by atoms with Gasteiger partial charge in [0, 0.05) is 18.5 Å². The second-order valence-electron chi connectivity index (χ2n) is 6.12. The Hall–Kier alpha value is -1.09. The lowest BCUT2D eigenvalue weighted by Gasteiger charge is -2.28. The Kier molecular flexibility index (Phi) is 4.68. The number of rotatable bonds is 6. The summed E-state index contributed by atoms with van der Waals surface area (Å²) in [5, 5.41) is 8.02. The van der Waals surface area contributed by atoms with Crippen molar-refractivity contribution in [2.24, 2.45) is 0 Å². The Morgan fingerprint density at radius 1 is 1.39 bits per heavy atom. The molecule has 2 aliphatic rings. The molecule has 0 spiro atoms. The maximum Gasteiger partial charge on any atom is 0.277 e. The minimum absolute atomic E-state index is 0.0658. The first kappa shape index (κ1) is 16.8. The predicted octanol–water partition coefficient (Wildman–Crippen LogP) is 1.46. The van der Waals surface area contributed by atoms with Gasteiger partial charge in [0.05, 0.1) is 16.8 Å². The van der Waals surface area contributed by atoms with Crippen molar-refractivity contribution in [2.45, 2.75) is 55.5 Å². The smallest absolute Gasteiger partial charge is 0.277 e. The van der Waals surface area contributed by atoms with Crippen molar-refractivity contribution in [3.63, 3.8) is 0 Å². The highest BCUT2D eigenvalue weighted by Crippen LogP contribution is 2.40. The van der Waals surface area contributed by atoms with Crippen molar-refractivity contribution < 1.29 is 17.6 Å². The number of thioether (sulfide) groups is 1. The standard InChI is InChI=1S/C14H21N3O4S2/c1-3-17(11-6-7-23(19,20)8-11)13(18)9(2)22-14-16-15-12(21-14)10-4-5-10/h9-11H,3-8H2,1-2H3/t9-,11-/m1/s1. The number of carbonyl (C=O) groups excluding carboxylic acids is 1. The van der Waals surface area contributed by atoms with Crippen molar-refractivity contribution in [1.29, 1.82) is 0 Å². The van der Waals surface area contributed by atoms with Crippen LogP contribution in [-0.2, 0) is 14.6 Å². The Labute approximate surface area is 140 Å². The van der Waals surface area contributed by atoms with Gasteiger partial charge in [0.1, 0.15) is 0 Å². The average Bonchev–Trinajstić information content (AvgIpc) is 3.15. The lowest BCUT2D eigenvalue weighted by atomic mass is 10.2. The molecule has 2 atom stereocenters. The Morgan fingerprint density at radius 3 is 2.70 bits per heavy atom. The minimum atomic E-state index is -3.01. The van der Waals surface area contributed by atoms with E-state index in [2.05, 4.69) is 10.2 Å². The number of aromatic nitrogens is 2. The van der Waals surface area contributed by atoms with Crippen LogP contribution in [0.4, 0.5) is 0 Å². The Balaban J connectivity index is 1.62. The van der Waals surface area contributed by atoms with Crippen LogP contribution in [-0.4, -0.2) is 58.8 Å². The highest BCUT2D eigenvalue weighted by molar-refractivity contribution is 8.00. The lowest BCUT2D eigenvalue weighted by molar-refractivity contribution is -0.131. The molecule has 0 unspecified atom stereocenters. The van der Waals surface area contributed by atoms with Gasteiger partial charge in [-0.25, -0.2) is 8.42 Å². The van der Waals surface area contributed by atoms with E-state index in [1.807, 2.05) is 6.92 Å². The van der Waals surface area contributed by atoms with Gasteiger partial charge < -0.3 is 9.32 Å². The molecule has 9 heteroatoms. The van der Waals surface area contributed by atoms with Gasteiger partial charge in [-0.05, 0) is 33.1 Å². The number of nitrogens with zero attached hydrogens (tertiary/aromatic N) is 3. The summed E-state index contributed by atoms with van der Waals surface area (Å²) in [4.78, 5) is 14.3. The van der Waals surface area contributed by atoms with Gasteiger partial charge in [-0.15, -0.1) is 10.2 Å². The summed E-state index contributed by atoms with van der Waals surface area (Å²) >= 11 is 1.24. The van der Waals surface area contributed by atoms with Gasteiger partial charge in [-0.3, -0.25) is 4.79 Å². The topological polar surface area (TPSA) is 93.4 Å². The van der Waals surface area contributed by atoms with E-state index in [-0.39, 0.29) is 28.7 Å². The molecule has 1 aromatic heterocycles. The van der Waals surface area contributed by atoms with E-state index in [1.54, 1.807) is 11.8 Å². The van der Waals surface area contributed by atoms with Gasteiger partial charge >= 0.3 is 0 Å². The van der Waals surface area contributed by atoms with E-state index in [9.17, 15) is 13.2 Å². The molecule has 1 aromatic rings. The summed E-state index contributed by atoms with van der Waals surface area (Å²) in [6.07, 6.45) is 2.69. The van der Waals surface area contributed by atoms with Crippen LogP contribution in [0.5, 0.6) is 0 Å².